The van der Waals surface area contributed by atoms with E-state index in [4.69, 9.17) is 9.47 Å². The van der Waals surface area contributed by atoms with Crippen LogP contribution in [0.4, 0.5) is 5.69 Å². The van der Waals surface area contributed by atoms with Crippen molar-refractivity contribution in [3.63, 3.8) is 0 Å². The zero-order chi connectivity index (χ0) is 15.8. The Labute approximate surface area is 129 Å². The molecular formula is C17H18N2O3. The van der Waals surface area contributed by atoms with E-state index in [2.05, 4.69) is 10.5 Å². The molecule has 0 aliphatic heterocycles. The van der Waals surface area contributed by atoms with Crippen LogP contribution < -0.4 is 10.2 Å². The maximum atomic E-state index is 10.9. The highest BCUT2D eigenvalue weighted by Crippen LogP contribution is 2.20. The summed E-state index contributed by atoms with van der Waals surface area (Å²) in [7, 11) is 1.58. The molecular weight excluding hydrogens is 280 g/mol. The number of carbonyl (C=O) groups excluding carboxylic acids is 1. The first kappa shape index (κ1) is 15.6. The molecule has 0 atom stereocenters. The Hall–Kier alpha value is -2.82. The minimum Gasteiger partial charge on any atom is -0.496 e. The molecule has 22 heavy (non-hydrogen) atoms. The van der Waals surface area contributed by atoms with Crippen molar-refractivity contribution in [2.45, 2.75) is 13.5 Å². The predicted molar refractivity (Wildman–Crippen MR) is 86.1 cm³/mol. The fraction of sp³-hybridized carbons (Fsp3) is 0.176. The van der Waals surface area contributed by atoms with Crippen LogP contribution in [0.25, 0.3) is 0 Å². The normalized spacial score (nSPS) is 10.5. The quantitative estimate of drug-likeness (QED) is 0.505. The van der Waals surface area contributed by atoms with Gasteiger partial charge in [-0.3, -0.25) is 10.2 Å². The Kier molecular flexibility index (Phi) is 5.54. The van der Waals surface area contributed by atoms with Crippen LogP contribution in [-0.2, 0) is 16.1 Å². The van der Waals surface area contributed by atoms with Crippen molar-refractivity contribution < 1.29 is 14.3 Å². The summed E-state index contributed by atoms with van der Waals surface area (Å²) >= 11 is 0. The summed E-state index contributed by atoms with van der Waals surface area (Å²) in [6.45, 7) is 1.55. The van der Waals surface area contributed by atoms with E-state index in [0.29, 0.717) is 5.75 Å². The van der Waals surface area contributed by atoms with Crippen molar-refractivity contribution in [3.05, 3.63) is 59.7 Å². The van der Waals surface area contributed by atoms with Crippen LogP contribution in [0.2, 0.25) is 0 Å². The molecule has 0 saturated carbocycles. The molecule has 0 aliphatic rings. The molecule has 114 valence electrons. The molecule has 0 heterocycles. The number of para-hydroxylation sites is 1. The average molecular weight is 298 g/mol. The molecule has 2 aromatic rings. The number of carbonyl (C=O) groups is 1. The smallest absolute Gasteiger partial charge is 0.302 e. The van der Waals surface area contributed by atoms with E-state index in [0.717, 1.165) is 16.8 Å². The van der Waals surface area contributed by atoms with E-state index in [9.17, 15) is 4.79 Å². The Balaban J connectivity index is 2.07. The molecule has 5 heteroatoms. The molecule has 1 N–H and O–H groups in total. The van der Waals surface area contributed by atoms with Gasteiger partial charge in [-0.1, -0.05) is 18.2 Å². The zero-order valence-corrected chi connectivity index (χ0v) is 12.6. The highest BCUT2D eigenvalue weighted by molar-refractivity contribution is 5.81. The van der Waals surface area contributed by atoms with Crippen LogP contribution in [0, 0.1) is 0 Å². The van der Waals surface area contributed by atoms with Gasteiger partial charge in [0, 0.05) is 12.5 Å². The third-order valence-corrected chi connectivity index (χ3v) is 2.92. The van der Waals surface area contributed by atoms with Gasteiger partial charge in [-0.2, -0.15) is 5.10 Å². The monoisotopic (exact) mass is 298 g/mol. The van der Waals surface area contributed by atoms with Crippen LogP contribution in [0.15, 0.2) is 53.6 Å². The topological polar surface area (TPSA) is 59.9 Å². The van der Waals surface area contributed by atoms with Gasteiger partial charge in [0.15, 0.2) is 0 Å². The second-order valence-electron chi connectivity index (χ2n) is 4.59. The maximum Gasteiger partial charge on any atom is 0.302 e. The summed E-state index contributed by atoms with van der Waals surface area (Å²) in [4.78, 5) is 10.9. The molecule has 2 aromatic carbocycles. The number of methoxy groups -OCH3 is 1. The molecule has 0 aliphatic carbocycles. The van der Waals surface area contributed by atoms with Crippen molar-refractivity contribution in [1.29, 1.82) is 0 Å². The van der Waals surface area contributed by atoms with Gasteiger partial charge in [-0.05, 0) is 35.9 Å². The Morgan fingerprint density at radius 3 is 2.68 bits per heavy atom. The summed E-state index contributed by atoms with van der Waals surface area (Å²) in [6, 6.07) is 15.2. The van der Waals surface area contributed by atoms with E-state index in [-0.39, 0.29) is 12.6 Å². The van der Waals surface area contributed by atoms with Gasteiger partial charge in [0.2, 0.25) is 0 Å². The number of nitrogens with zero attached hydrogens (tertiary/aromatic N) is 1. The standard InChI is InChI=1S/C17H18N2O3/c1-13(20)22-12-15-10-14(8-9-17(15)21-2)11-18-19-16-6-4-3-5-7-16/h3-11,19H,12H2,1-2H3. The molecule has 5 nitrogen and oxygen atoms in total. The van der Waals surface area contributed by atoms with Gasteiger partial charge in [0.1, 0.15) is 12.4 Å². The summed E-state index contributed by atoms with van der Waals surface area (Å²) in [5, 5.41) is 4.18. The van der Waals surface area contributed by atoms with Crippen molar-refractivity contribution in [1.82, 2.24) is 0 Å². The van der Waals surface area contributed by atoms with E-state index >= 15 is 0 Å². The number of ether oxygens (including phenoxy) is 2. The highest BCUT2D eigenvalue weighted by Gasteiger charge is 2.05. The average Bonchev–Trinajstić information content (AvgIpc) is 2.54. The lowest BCUT2D eigenvalue weighted by atomic mass is 10.1. The van der Waals surface area contributed by atoms with Crippen LogP contribution >= 0.6 is 0 Å². The summed E-state index contributed by atoms with van der Waals surface area (Å²) < 4.78 is 10.3. The molecule has 0 aromatic heterocycles. The minimum atomic E-state index is -0.327. The number of benzene rings is 2. The third-order valence-electron chi connectivity index (χ3n) is 2.92. The number of esters is 1. The fourth-order valence-corrected chi connectivity index (χ4v) is 1.87. The van der Waals surface area contributed by atoms with E-state index in [1.165, 1.54) is 6.92 Å². The Morgan fingerprint density at radius 1 is 1.23 bits per heavy atom. The minimum absolute atomic E-state index is 0.173. The number of hydrogen-bond acceptors (Lipinski definition) is 5. The second kappa shape index (κ2) is 7.83. The third kappa shape index (κ3) is 4.63. The first-order valence-corrected chi connectivity index (χ1v) is 6.83. The molecule has 0 unspecified atom stereocenters. The zero-order valence-electron chi connectivity index (χ0n) is 12.6. The first-order valence-electron chi connectivity index (χ1n) is 6.83. The van der Waals surface area contributed by atoms with Crippen LogP contribution in [0.1, 0.15) is 18.1 Å². The van der Waals surface area contributed by atoms with E-state index in [1.807, 2.05) is 48.5 Å². The lowest BCUT2D eigenvalue weighted by Crippen LogP contribution is -2.02. The number of rotatable bonds is 6. The van der Waals surface area contributed by atoms with Crippen LogP contribution in [0.3, 0.4) is 0 Å². The Bertz CT molecular complexity index is 654. The van der Waals surface area contributed by atoms with Gasteiger partial charge in [-0.25, -0.2) is 0 Å². The highest BCUT2D eigenvalue weighted by atomic mass is 16.5. The van der Waals surface area contributed by atoms with Gasteiger partial charge >= 0.3 is 5.97 Å². The van der Waals surface area contributed by atoms with Gasteiger partial charge in [0.05, 0.1) is 19.0 Å². The number of hydrazone groups is 1. The lowest BCUT2D eigenvalue weighted by Gasteiger charge is -2.09. The van der Waals surface area contributed by atoms with Crippen LogP contribution in [0.5, 0.6) is 5.75 Å². The second-order valence-corrected chi connectivity index (χ2v) is 4.59. The molecule has 0 saturated heterocycles. The molecule has 0 spiro atoms. The first-order chi connectivity index (χ1) is 10.7. The summed E-state index contributed by atoms with van der Waals surface area (Å²) in [5.74, 6) is 0.348. The maximum absolute atomic E-state index is 10.9. The largest absolute Gasteiger partial charge is 0.496 e. The van der Waals surface area contributed by atoms with E-state index in [1.54, 1.807) is 13.3 Å². The number of nitrogens with one attached hydrogen (secondary N) is 1. The van der Waals surface area contributed by atoms with Crippen molar-refractivity contribution in [2.24, 2.45) is 5.10 Å². The fourth-order valence-electron chi connectivity index (χ4n) is 1.87. The predicted octanol–water partition coefficient (Wildman–Crippen LogP) is 3.20. The molecule has 2 rings (SSSR count). The SMILES string of the molecule is COc1ccc(C=NNc2ccccc2)cc1COC(C)=O. The molecule has 0 amide bonds. The van der Waals surface area contributed by atoms with Gasteiger partial charge < -0.3 is 9.47 Å². The molecule has 0 radical (unpaired) electrons. The van der Waals surface area contributed by atoms with E-state index < -0.39 is 0 Å². The van der Waals surface area contributed by atoms with Crippen molar-refractivity contribution >= 4 is 17.9 Å². The Morgan fingerprint density at radius 2 is 2.00 bits per heavy atom. The van der Waals surface area contributed by atoms with Crippen molar-refractivity contribution in [3.8, 4) is 5.75 Å². The molecule has 0 fully saturated rings. The van der Waals surface area contributed by atoms with Crippen LogP contribution in [-0.4, -0.2) is 19.3 Å². The summed E-state index contributed by atoms with van der Waals surface area (Å²) in [5.41, 5.74) is 5.53. The number of anilines is 1. The van der Waals surface area contributed by atoms with Gasteiger partial charge in [0.25, 0.3) is 0 Å². The number of hydrogen-bond donors (Lipinski definition) is 1. The van der Waals surface area contributed by atoms with Crippen molar-refractivity contribution in [2.75, 3.05) is 12.5 Å². The van der Waals surface area contributed by atoms with Gasteiger partial charge in [-0.15, -0.1) is 0 Å². The lowest BCUT2D eigenvalue weighted by molar-refractivity contribution is -0.142. The molecule has 0 bridgehead atoms. The summed E-state index contributed by atoms with van der Waals surface area (Å²) in [6.07, 6.45) is 1.70.